The molecule has 0 N–H and O–H groups in total. The van der Waals surface area contributed by atoms with Crippen LogP contribution >= 0.6 is 11.8 Å². The van der Waals surface area contributed by atoms with Gasteiger partial charge in [0.2, 0.25) is 6.79 Å². The molecule has 0 aliphatic carbocycles. The first-order chi connectivity index (χ1) is 9.36. The lowest BCUT2D eigenvalue weighted by Crippen LogP contribution is -1.95. The minimum absolute atomic E-state index is 0.331. The van der Waals surface area contributed by atoms with Crippen LogP contribution in [0.5, 0.6) is 11.5 Å². The lowest BCUT2D eigenvalue weighted by atomic mass is 10.1. The normalized spacial score (nSPS) is 12.7. The van der Waals surface area contributed by atoms with Crippen molar-refractivity contribution in [3.05, 3.63) is 47.7 Å². The molecule has 0 saturated carbocycles. The topological polar surface area (TPSA) is 31.4 Å². The van der Waals surface area contributed by atoms with Crippen LogP contribution in [0.3, 0.4) is 0 Å². The summed E-state index contributed by atoms with van der Waals surface area (Å²) < 4.78 is 10.7. The van der Waals surface area contributed by atoms with Crippen LogP contribution in [0.4, 0.5) is 0 Å². The zero-order valence-corrected chi connectivity index (χ0v) is 11.6. The Morgan fingerprint density at radius 2 is 2.05 bits per heavy atom. The number of fused-ring (bicyclic) bond motifs is 1. The largest absolute Gasteiger partial charge is 0.454 e. The van der Waals surface area contributed by atoms with Gasteiger partial charge in [-0.3, -0.25) is 0 Å². The minimum Gasteiger partial charge on any atom is -0.454 e. The monoisotopic (exact) mass is 273 g/mol. The number of ether oxygens (including phenoxy) is 2. The van der Waals surface area contributed by atoms with Gasteiger partial charge in [-0.15, -0.1) is 11.8 Å². The fraction of sp³-hybridized carbons (Fsp3) is 0.267. The third-order valence-corrected chi connectivity index (χ3v) is 3.92. The maximum absolute atomic E-state index is 5.40. The highest BCUT2D eigenvalue weighted by atomic mass is 32.2. The van der Waals surface area contributed by atoms with Crippen molar-refractivity contribution in [1.29, 1.82) is 0 Å². The molecule has 1 aliphatic heterocycles. The fourth-order valence-corrected chi connectivity index (χ4v) is 2.77. The molecule has 0 bridgehead atoms. The van der Waals surface area contributed by atoms with E-state index in [1.54, 1.807) is 11.8 Å². The van der Waals surface area contributed by atoms with E-state index in [-0.39, 0.29) is 0 Å². The highest BCUT2D eigenvalue weighted by Gasteiger charge is 2.13. The predicted molar refractivity (Wildman–Crippen MR) is 76.0 cm³/mol. The van der Waals surface area contributed by atoms with Gasteiger partial charge in [-0.2, -0.15) is 0 Å². The maximum atomic E-state index is 5.40. The van der Waals surface area contributed by atoms with Gasteiger partial charge in [0.05, 0.1) is 5.03 Å². The zero-order chi connectivity index (χ0) is 13.1. The van der Waals surface area contributed by atoms with Crippen LogP contribution in [0.25, 0.3) is 0 Å². The Balaban J connectivity index is 1.72. The average molecular weight is 273 g/mol. The minimum atomic E-state index is 0.331. The number of thioether (sulfide) groups is 1. The summed E-state index contributed by atoms with van der Waals surface area (Å²) in [4.78, 5) is 4.39. The highest BCUT2D eigenvalue weighted by molar-refractivity contribution is 7.98. The third-order valence-electron chi connectivity index (χ3n) is 3.16. The number of rotatable bonds is 4. The molecule has 3 rings (SSSR count). The second-order valence-electron chi connectivity index (χ2n) is 4.36. The van der Waals surface area contributed by atoms with Crippen LogP contribution in [-0.4, -0.2) is 18.0 Å². The Labute approximate surface area is 117 Å². The molecule has 1 aromatic carbocycles. The first kappa shape index (κ1) is 12.4. The Bertz CT molecular complexity index is 586. The molecule has 0 saturated heterocycles. The van der Waals surface area contributed by atoms with Crippen molar-refractivity contribution < 1.29 is 9.47 Å². The summed E-state index contributed by atoms with van der Waals surface area (Å²) in [5.41, 5.74) is 2.56. The molecular weight excluding hydrogens is 258 g/mol. The number of aryl methyl sites for hydroxylation is 2. The summed E-state index contributed by atoms with van der Waals surface area (Å²) in [7, 11) is 0. The van der Waals surface area contributed by atoms with Gasteiger partial charge in [-0.25, -0.2) is 4.98 Å². The van der Waals surface area contributed by atoms with E-state index in [4.69, 9.17) is 9.47 Å². The van der Waals surface area contributed by atoms with Crippen molar-refractivity contribution >= 4 is 11.8 Å². The van der Waals surface area contributed by atoms with Gasteiger partial charge in [0, 0.05) is 6.20 Å². The second kappa shape index (κ2) is 5.53. The third kappa shape index (κ3) is 2.68. The molecule has 0 radical (unpaired) electrons. The van der Waals surface area contributed by atoms with Gasteiger partial charge in [0.1, 0.15) is 0 Å². The van der Waals surface area contributed by atoms with Crippen molar-refractivity contribution in [2.24, 2.45) is 0 Å². The van der Waals surface area contributed by atoms with E-state index in [1.165, 1.54) is 11.1 Å². The summed E-state index contributed by atoms with van der Waals surface area (Å²) in [6, 6.07) is 10.3. The van der Waals surface area contributed by atoms with E-state index >= 15 is 0 Å². The first-order valence-electron chi connectivity index (χ1n) is 6.23. The van der Waals surface area contributed by atoms with Crippen molar-refractivity contribution in [3.8, 4) is 11.5 Å². The van der Waals surface area contributed by atoms with Gasteiger partial charge in [-0.05, 0) is 48.4 Å². The van der Waals surface area contributed by atoms with Gasteiger partial charge in [-0.1, -0.05) is 12.1 Å². The van der Waals surface area contributed by atoms with Crippen molar-refractivity contribution in [2.75, 3.05) is 13.0 Å². The molecule has 1 aliphatic rings. The fourth-order valence-electron chi connectivity index (χ4n) is 2.17. The van der Waals surface area contributed by atoms with Crippen molar-refractivity contribution in [2.45, 2.75) is 17.9 Å². The van der Waals surface area contributed by atoms with Gasteiger partial charge >= 0.3 is 0 Å². The maximum Gasteiger partial charge on any atom is 0.231 e. The molecule has 1 aromatic heterocycles. The molecule has 0 atom stereocenters. The molecular formula is C15H15NO2S. The standard InChI is InChI=1S/C15H15NO2S/c1-19-15-12(3-2-8-16-15)6-4-11-5-7-13-14(9-11)18-10-17-13/h2-3,5,7-9H,4,6,10H2,1H3. The Hall–Kier alpha value is -1.68. The molecule has 0 unspecified atom stereocenters. The van der Waals surface area contributed by atoms with Crippen LogP contribution in [0.2, 0.25) is 0 Å². The molecule has 19 heavy (non-hydrogen) atoms. The predicted octanol–water partition coefficient (Wildman–Crippen LogP) is 3.32. The van der Waals surface area contributed by atoms with E-state index in [0.717, 1.165) is 29.4 Å². The molecule has 0 fully saturated rings. The summed E-state index contributed by atoms with van der Waals surface area (Å²) in [6.07, 6.45) is 5.88. The number of aromatic nitrogens is 1. The number of hydrogen-bond donors (Lipinski definition) is 0. The summed E-state index contributed by atoms with van der Waals surface area (Å²) in [5.74, 6) is 1.70. The van der Waals surface area contributed by atoms with Crippen molar-refractivity contribution in [3.63, 3.8) is 0 Å². The summed E-state index contributed by atoms with van der Waals surface area (Å²) in [6.45, 7) is 0.331. The van der Waals surface area contributed by atoms with Crippen LogP contribution < -0.4 is 9.47 Å². The van der Waals surface area contributed by atoms with E-state index < -0.39 is 0 Å². The SMILES string of the molecule is CSc1ncccc1CCc1ccc2c(c1)OCO2. The molecule has 3 nitrogen and oxygen atoms in total. The van der Waals surface area contributed by atoms with E-state index in [1.807, 2.05) is 18.3 Å². The van der Waals surface area contributed by atoms with Crippen molar-refractivity contribution in [1.82, 2.24) is 4.98 Å². The lowest BCUT2D eigenvalue weighted by molar-refractivity contribution is 0.174. The average Bonchev–Trinajstić information content (AvgIpc) is 2.93. The smallest absolute Gasteiger partial charge is 0.231 e. The Morgan fingerprint density at radius 1 is 1.16 bits per heavy atom. The summed E-state index contributed by atoms with van der Waals surface area (Å²) in [5, 5.41) is 1.11. The van der Waals surface area contributed by atoms with Gasteiger partial charge in [0.15, 0.2) is 11.5 Å². The van der Waals surface area contributed by atoms with E-state index in [2.05, 4.69) is 29.4 Å². The molecule has 0 amide bonds. The van der Waals surface area contributed by atoms with Gasteiger partial charge in [0.25, 0.3) is 0 Å². The number of hydrogen-bond acceptors (Lipinski definition) is 4. The first-order valence-corrected chi connectivity index (χ1v) is 7.46. The lowest BCUT2D eigenvalue weighted by Gasteiger charge is -2.06. The quantitative estimate of drug-likeness (QED) is 0.800. The van der Waals surface area contributed by atoms with Crippen LogP contribution in [0.15, 0.2) is 41.6 Å². The van der Waals surface area contributed by atoms with Crippen LogP contribution in [0, 0.1) is 0 Å². The molecule has 0 spiro atoms. The van der Waals surface area contributed by atoms with Crippen LogP contribution in [0.1, 0.15) is 11.1 Å². The Kier molecular flexibility index (Phi) is 3.60. The molecule has 2 aromatic rings. The Morgan fingerprint density at radius 3 is 2.95 bits per heavy atom. The van der Waals surface area contributed by atoms with Crippen LogP contribution in [-0.2, 0) is 12.8 Å². The molecule has 4 heteroatoms. The number of nitrogens with zero attached hydrogens (tertiary/aromatic N) is 1. The van der Waals surface area contributed by atoms with E-state index in [0.29, 0.717) is 6.79 Å². The van der Waals surface area contributed by atoms with Gasteiger partial charge < -0.3 is 9.47 Å². The highest BCUT2D eigenvalue weighted by Crippen LogP contribution is 2.33. The van der Waals surface area contributed by atoms with E-state index in [9.17, 15) is 0 Å². The number of pyridine rings is 1. The molecule has 2 heterocycles. The molecule has 98 valence electrons. The number of benzene rings is 1. The zero-order valence-electron chi connectivity index (χ0n) is 10.8. The summed E-state index contributed by atoms with van der Waals surface area (Å²) >= 11 is 1.69. The second-order valence-corrected chi connectivity index (χ2v) is 5.15.